The molecular formula is C21H38N4O8. The molecule has 1 saturated heterocycles. The van der Waals surface area contributed by atoms with E-state index < -0.39 is 60.4 Å². The second-order valence-electron chi connectivity index (χ2n) is 9.46. The van der Waals surface area contributed by atoms with Crippen LogP contribution in [0.3, 0.4) is 0 Å². The molecule has 12 heteroatoms. The normalized spacial score (nSPS) is 44.0. The Hall–Kier alpha value is -1.35. The van der Waals surface area contributed by atoms with Crippen molar-refractivity contribution >= 4 is 6.41 Å². The summed E-state index contributed by atoms with van der Waals surface area (Å²) in [5.74, 6) is 0.0357. The van der Waals surface area contributed by atoms with E-state index in [4.69, 9.17) is 30.8 Å². The molecule has 1 amide bonds. The van der Waals surface area contributed by atoms with Crippen LogP contribution in [0.2, 0.25) is 0 Å². The molecule has 10 N–H and O–H groups in total. The molecule has 0 aromatic carbocycles. The number of nitrogens with one attached hydrogen (secondary N) is 2. The van der Waals surface area contributed by atoms with Gasteiger partial charge in [0.1, 0.15) is 24.1 Å². The Bertz CT molecular complexity index is 681. The van der Waals surface area contributed by atoms with Crippen LogP contribution in [0, 0.1) is 5.92 Å². The van der Waals surface area contributed by atoms with Crippen LogP contribution in [0.1, 0.15) is 26.2 Å². The van der Waals surface area contributed by atoms with E-state index in [9.17, 15) is 20.1 Å². The third-order valence-electron chi connectivity index (χ3n) is 6.54. The number of amides is 1. The lowest BCUT2D eigenvalue weighted by atomic mass is 9.72. The molecule has 0 spiro atoms. The molecule has 190 valence electrons. The van der Waals surface area contributed by atoms with Crippen molar-refractivity contribution < 1.29 is 39.4 Å². The first-order valence-electron chi connectivity index (χ1n) is 11.4. The van der Waals surface area contributed by atoms with Crippen LogP contribution < -0.4 is 22.1 Å². The van der Waals surface area contributed by atoms with Crippen molar-refractivity contribution in [2.45, 2.75) is 80.6 Å². The van der Waals surface area contributed by atoms with Crippen LogP contribution in [0.5, 0.6) is 0 Å². The average molecular weight is 475 g/mol. The number of carbonyl (C=O) groups is 1. The number of carbonyl (C=O) groups excluding carboxylic acids is 1. The molecule has 1 aliphatic carbocycles. The lowest BCUT2D eigenvalue weighted by Crippen LogP contribution is -2.66. The molecule has 1 saturated carbocycles. The fourth-order valence-corrected chi connectivity index (χ4v) is 4.90. The Morgan fingerprint density at radius 2 is 2.09 bits per heavy atom. The predicted molar refractivity (Wildman–Crippen MR) is 116 cm³/mol. The zero-order valence-corrected chi connectivity index (χ0v) is 18.9. The largest absolute Gasteiger partial charge is 0.492 e. The first-order valence-corrected chi connectivity index (χ1v) is 11.4. The van der Waals surface area contributed by atoms with E-state index in [1.165, 1.54) is 0 Å². The Balaban J connectivity index is 1.75. The number of aliphatic hydroxyl groups excluding tert-OH is 3. The van der Waals surface area contributed by atoms with E-state index in [0.717, 1.165) is 0 Å². The lowest BCUT2D eigenvalue weighted by Gasteiger charge is -2.49. The fourth-order valence-electron chi connectivity index (χ4n) is 4.90. The van der Waals surface area contributed by atoms with Gasteiger partial charge in [-0.2, -0.15) is 0 Å². The van der Waals surface area contributed by atoms with Crippen LogP contribution in [0.4, 0.5) is 0 Å². The average Bonchev–Trinajstić information content (AvgIpc) is 2.74. The van der Waals surface area contributed by atoms with Gasteiger partial charge in [-0.3, -0.25) is 4.79 Å². The molecule has 2 aliphatic heterocycles. The maximum absolute atomic E-state index is 11.3. The van der Waals surface area contributed by atoms with Crippen molar-refractivity contribution in [3.63, 3.8) is 0 Å². The Morgan fingerprint density at radius 3 is 2.76 bits per heavy atom. The van der Waals surface area contributed by atoms with Gasteiger partial charge in [-0.05, 0) is 25.8 Å². The molecule has 12 nitrogen and oxygen atoms in total. The van der Waals surface area contributed by atoms with E-state index in [0.29, 0.717) is 38.1 Å². The molecule has 10 atom stereocenters. The predicted octanol–water partition coefficient (Wildman–Crippen LogP) is -3.37. The molecule has 0 aromatic heterocycles. The molecule has 2 heterocycles. The van der Waals surface area contributed by atoms with E-state index >= 15 is 0 Å². The Labute approximate surface area is 193 Å². The highest BCUT2D eigenvalue weighted by Crippen LogP contribution is 2.36. The summed E-state index contributed by atoms with van der Waals surface area (Å²) in [7, 11) is 0. The van der Waals surface area contributed by atoms with Crippen molar-refractivity contribution in [1.82, 2.24) is 10.6 Å². The molecule has 3 aliphatic rings. The van der Waals surface area contributed by atoms with Crippen LogP contribution in [-0.4, -0.2) is 108 Å². The molecule has 33 heavy (non-hydrogen) atoms. The van der Waals surface area contributed by atoms with Crippen LogP contribution >= 0.6 is 0 Å². The standard InChI is InChI=1S/C21H38N4O8/c1-21(30)7-15(28)20(31-9-21)33-19-14(25-10-27)6-13(23)16(17(19)29)18-12(22)3-2-11(32-18)8-24-4-5-26/h2,10,12-20,24,26,28-30H,3-9,22-23H2,1H3,(H,25,27). The van der Waals surface area contributed by atoms with Crippen molar-refractivity contribution in [2.75, 3.05) is 26.3 Å². The Morgan fingerprint density at radius 1 is 1.33 bits per heavy atom. The molecule has 0 radical (unpaired) electrons. The summed E-state index contributed by atoms with van der Waals surface area (Å²) in [5, 5.41) is 46.5. The van der Waals surface area contributed by atoms with Gasteiger partial charge in [0.15, 0.2) is 6.29 Å². The maximum Gasteiger partial charge on any atom is 0.207 e. The van der Waals surface area contributed by atoms with Gasteiger partial charge in [0.05, 0.1) is 37.5 Å². The smallest absolute Gasteiger partial charge is 0.207 e. The Kier molecular flexibility index (Phi) is 9.06. The first kappa shape index (κ1) is 26.3. The molecule has 3 rings (SSSR count). The summed E-state index contributed by atoms with van der Waals surface area (Å²) in [6.07, 6.45) is -1.69. The molecule has 0 bridgehead atoms. The number of nitrogens with two attached hydrogens (primary N) is 2. The van der Waals surface area contributed by atoms with Crippen LogP contribution in [0.15, 0.2) is 11.8 Å². The summed E-state index contributed by atoms with van der Waals surface area (Å²) in [4.78, 5) is 11.2. The summed E-state index contributed by atoms with van der Waals surface area (Å²) < 4.78 is 17.6. The molecule has 2 fully saturated rings. The highest BCUT2D eigenvalue weighted by atomic mass is 16.7. The second-order valence-corrected chi connectivity index (χ2v) is 9.46. The number of rotatable bonds is 9. The number of ether oxygens (including phenoxy) is 3. The van der Waals surface area contributed by atoms with E-state index in [-0.39, 0.29) is 19.6 Å². The second kappa shape index (κ2) is 11.4. The molecular weight excluding hydrogens is 436 g/mol. The lowest BCUT2D eigenvalue weighted by molar-refractivity contribution is -0.289. The van der Waals surface area contributed by atoms with Gasteiger partial charge >= 0.3 is 0 Å². The third-order valence-corrected chi connectivity index (χ3v) is 6.54. The number of aliphatic hydroxyl groups is 4. The van der Waals surface area contributed by atoms with Crippen molar-refractivity contribution in [3.05, 3.63) is 11.8 Å². The monoisotopic (exact) mass is 474 g/mol. The third kappa shape index (κ3) is 6.41. The minimum absolute atomic E-state index is 0.00288. The van der Waals surface area contributed by atoms with Crippen molar-refractivity contribution in [2.24, 2.45) is 17.4 Å². The van der Waals surface area contributed by atoms with Gasteiger partial charge in [0.2, 0.25) is 6.41 Å². The van der Waals surface area contributed by atoms with E-state index in [2.05, 4.69) is 10.6 Å². The van der Waals surface area contributed by atoms with Crippen molar-refractivity contribution in [3.8, 4) is 0 Å². The zero-order chi connectivity index (χ0) is 24.2. The quantitative estimate of drug-likeness (QED) is 0.122. The van der Waals surface area contributed by atoms with Crippen LogP contribution in [-0.2, 0) is 19.0 Å². The first-order chi connectivity index (χ1) is 15.7. The number of hydrogen-bond donors (Lipinski definition) is 8. The van der Waals surface area contributed by atoms with Crippen LogP contribution in [0.25, 0.3) is 0 Å². The highest BCUT2D eigenvalue weighted by molar-refractivity contribution is 5.47. The molecule has 10 unspecified atom stereocenters. The summed E-state index contributed by atoms with van der Waals surface area (Å²) in [6, 6.07) is -1.58. The SMILES string of the molecule is CC1(O)COC(OC2C(NC=O)CC(N)C(C3OC(CNCCO)=CCC3N)C2O)C(O)C1. The summed E-state index contributed by atoms with van der Waals surface area (Å²) in [6.45, 7) is 2.32. The van der Waals surface area contributed by atoms with Gasteiger partial charge in [0.25, 0.3) is 0 Å². The summed E-state index contributed by atoms with van der Waals surface area (Å²) >= 11 is 0. The summed E-state index contributed by atoms with van der Waals surface area (Å²) in [5.41, 5.74) is 11.6. The minimum Gasteiger partial charge on any atom is -0.492 e. The van der Waals surface area contributed by atoms with Gasteiger partial charge < -0.3 is 56.7 Å². The van der Waals surface area contributed by atoms with Gasteiger partial charge in [-0.25, -0.2) is 0 Å². The van der Waals surface area contributed by atoms with Gasteiger partial charge in [-0.15, -0.1) is 0 Å². The fraction of sp³-hybridized carbons (Fsp3) is 0.857. The highest BCUT2D eigenvalue weighted by Gasteiger charge is 2.51. The van der Waals surface area contributed by atoms with Gasteiger partial charge in [-0.1, -0.05) is 0 Å². The topological polar surface area (TPSA) is 202 Å². The van der Waals surface area contributed by atoms with E-state index in [1.807, 2.05) is 6.08 Å². The zero-order valence-electron chi connectivity index (χ0n) is 18.9. The molecule has 0 aromatic rings. The van der Waals surface area contributed by atoms with Gasteiger partial charge in [0, 0.05) is 31.0 Å². The number of hydrogen-bond acceptors (Lipinski definition) is 11. The minimum atomic E-state index is -1.19. The van der Waals surface area contributed by atoms with E-state index in [1.54, 1.807) is 6.92 Å². The maximum atomic E-state index is 11.3. The van der Waals surface area contributed by atoms with Crippen molar-refractivity contribution in [1.29, 1.82) is 0 Å².